The third kappa shape index (κ3) is 5.08. The van der Waals surface area contributed by atoms with Gasteiger partial charge in [-0.15, -0.1) is 0 Å². The van der Waals surface area contributed by atoms with E-state index in [1.807, 2.05) is 0 Å². The van der Waals surface area contributed by atoms with E-state index in [0.717, 1.165) is 0 Å². The van der Waals surface area contributed by atoms with Crippen molar-refractivity contribution in [1.82, 2.24) is 0 Å². The van der Waals surface area contributed by atoms with Crippen LogP contribution in [0, 0.1) is 0 Å². The first-order valence-electron chi connectivity index (χ1n) is 1.86. The molecule has 0 amide bonds. The summed E-state index contributed by atoms with van der Waals surface area (Å²) in [6.07, 6.45) is 0.0833. The van der Waals surface area contributed by atoms with Crippen molar-refractivity contribution in [1.29, 1.82) is 0 Å². The quantitative estimate of drug-likeness (QED) is 0.516. The molecule has 0 aliphatic rings. The van der Waals surface area contributed by atoms with Gasteiger partial charge in [-0.05, 0) is 0 Å². The van der Waals surface area contributed by atoms with E-state index < -0.39 is 0 Å². The summed E-state index contributed by atoms with van der Waals surface area (Å²) < 4.78 is 0. The van der Waals surface area contributed by atoms with Gasteiger partial charge < -0.3 is 10.2 Å². The molecule has 0 atom stereocenters. The minimum atomic E-state index is -0.0625. The largest absolute Gasteiger partial charge is 0.512 e. The lowest BCUT2D eigenvalue weighted by atomic mass is 10.3. The zero-order valence-electron chi connectivity index (χ0n) is 4.02. The topological polar surface area (TPSA) is 40.5 Å². The van der Waals surface area contributed by atoms with Gasteiger partial charge in [0.05, 0.1) is 17.9 Å². The number of aliphatic hydroxyl groups excluding tert-OH is 2. The van der Waals surface area contributed by atoms with E-state index in [4.69, 9.17) is 10.2 Å². The highest BCUT2D eigenvalue weighted by Crippen LogP contribution is 1.97. The molecule has 2 N–H and O–H groups in total. The Hall–Kier alpha value is -0.920. The first-order chi connectivity index (χ1) is 3.13. The lowest BCUT2D eigenvalue weighted by Gasteiger charge is -1.91. The first kappa shape index (κ1) is 6.08. The smallest absolute Gasteiger partial charge is 0.0925 e. The number of hydrogen-bond acceptors (Lipinski definition) is 2. The molecular weight excluding hydrogens is 92.1 g/mol. The molecule has 0 aliphatic heterocycles. The molecule has 0 aromatic heterocycles. The summed E-state index contributed by atoms with van der Waals surface area (Å²) in [7, 11) is 0. The van der Waals surface area contributed by atoms with Crippen LogP contribution in [-0.2, 0) is 0 Å². The van der Waals surface area contributed by atoms with Crippen LogP contribution in [0.2, 0.25) is 0 Å². The first-order valence-corrected chi connectivity index (χ1v) is 1.86. The summed E-state index contributed by atoms with van der Waals surface area (Å²) in [6, 6.07) is 0. The highest BCUT2D eigenvalue weighted by atomic mass is 16.3. The molecule has 0 bridgehead atoms. The van der Waals surface area contributed by atoms with Crippen LogP contribution in [0.25, 0.3) is 0 Å². The van der Waals surface area contributed by atoms with Crippen LogP contribution in [0.1, 0.15) is 6.42 Å². The Morgan fingerprint density at radius 3 is 1.43 bits per heavy atom. The summed E-state index contributed by atoms with van der Waals surface area (Å²) in [5.41, 5.74) is 0. The standard InChI is InChI=1S/C5H8O2/c1-4(6)3-5(2)7/h6-7H,1-3H2. The fourth-order valence-electron chi connectivity index (χ4n) is 0.236. The third-order valence-electron chi connectivity index (χ3n) is 0.408. The summed E-state index contributed by atoms with van der Waals surface area (Å²) in [4.78, 5) is 0. The second kappa shape index (κ2) is 2.29. The molecule has 0 radical (unpaired) electrons. The Morgan fingerprint density at radius 1 is 1.14 bits per heavy atom. The van der Waals surface area contributed by atoms with E-state index >= 15 is 0 Å². The molecule has 0 heterocycles. The predicted octanol–water partition coefficient (Wildman–Crippen LogP) is 1.52. The van der Waals surface area contributed by atoms with E-state index in [0.29, 0.717) is 0 Å². The molecule has 0 fully saturated rings. The Bertz CT molecular complexity index is 82.3. The monoisotopic (exact) mass is 100 g/mol. The average Bonchev–Trinajstić information content (AvgIpc) is 1.27. The Kier molecular flexibility index (Phi) is 1.99. The molecule has 0 aromatic carbocycles. The van der Waals surface area contributed by atoms with Crippen LogP contribution in [0.5, 0.6) is 0 Å². The SMILES string of the molecule is C=C(O)CC(=C)O. The third-order valence-corrected chi connectivity index (χ3v) is 0.408. The molecular formula is C5H8O2. The van der Waals surface area contributed by atoms with Crippen molar-refractivity contribution in [3.63, 3.8) is 0 Å². The minimum absolute atomic E-state index is 0.0625. The summed E-state index contributed by atoms with van der Waals surface area (Å²) in [6.45, 7) is 6.26. The molecule has 0 rings (SSSR count). The van der Waals surface area contributed by atoms with Gasteiger partial charge in [0.1, 0.15) is 0 Å². The lowest BCUT2D eigenvalue weighted by Crippen LogP contribution is -1.79. The molecule has 2 heteroatoms. The van der Waals surface area contributed by atoms with Gasteiger partial charge in [0.15, 0.2) is 0 Å². The molecule has 7 heavy (non-hydrogen) atoms. The van der Waals surface area contributed by atoms with Gasteiger partial charge in [-0.3, -0.25) is 0 Å². The maximum absolute atomic E-state index is 8.31. The van der Waals surface area contributed by atoms with Crippen LogP contribution in [-0.4, -0.2) is 10.2 Å². The van der Waals surface area contributed by atoms with Gasteiger partial charge in [0.2, 0.25) is 0 Å². The van der Waals surface area contributed by atoms with E-state index in [-0.39, 0.29) is 17.9 Å². The van der Waals surface area contributed by atoms with Gasteiger partial charge in [-0.25, -0.2) is 0 Å². The minimum Gasteiger partial charge on any atom is -0.512 e. The average molecular weight is 100 g/mol. The highest BCUT2D eigenvalue weighted by Gasteiger charge is 1.88. The molecule has 40 valence electrons. The molecule has 0 saturated heterocycles. The molecule has 0 aromatic rings. The van der Waals surface area contributed by atoms with Crippen molar-refractivity contribution in [3.05, 3.63) is 24.7 Å². The second-order valence-electron chi connectivity index (χ2n) is 1.31. The molecule has 0 aliphatic carbocycles. The zero-order chi connectivity index (χ0) is 5.86. The second-order valence-corrected chi connectivity index (χ2v) is 1.31. The normalized spacial score (nSPS) is 8.00. The number of aliphatic hydroxyl groups is 2. The van der Waals surface area contributed by atoms with E-state index in [2.05, 4.69) is 13.2 Å². The maximum Gasteiger partial charge on any atom is 0.0925 e. The Balaban J connectivity index is 3.32. The van der Waals surface area contributed by atoms with Crippen molar-refractivity contribution in [2.45, 2.75) is 6.42 Å². The van der Waals surface area contributed by atoms with Gasteiger partial charge >= 0.3 is 0 Å². The van der Waals surface area contributed by atoms with Gasteiger partial charge in [-0.2, -0.15) is 0 Å². The predicted molar refractivity (Wildman–Crippen MR) is 28.2 cm³/mol. The maximum atomic E-state index is 8.31. The fourth-order valence-corrected chi connectivity index (χ4v) is 0.236. The molecule has 0 unspecified atom stereocenters. The summed E-state index contributed by atoms with van der Waals surface area (Å²) in [5.74, 6) is -0.125. The zero-order valence-corrected chi connectivity index (χ0v) is 4.02. The van der Waals surface area contributed by atoms with Crippen LogP contribution in [0.3, 0.4) is 0 Å². The van der Waals surface area contributed by atoms with E-state index in [9.17, 15) is 0 Å². The molecule has 0 saturated carbocycles. The van der Waals surface area contributed by atoms with E-state index in [1.165, 1.54) is 0 Å². The summed E-state index contributed by atoms with van der Waals surface area (Å²) in [5, 5.41) is 16.6. The van der Waals surface area contributed by atoms with Crippen LogP contribution in [0.4, 0.5) is 0 Å². The van der Waals surface area contributed by atoms with Crippen molar-refractivity contribution in [3.8, 4) is 0 Å². The van der Waals surface area contributed by atoms with Gasteiger partial charge in [-0.1, -0.05) is 13.2 Å². The summed E-state index contributed by atoms with van der Waals surface area (Å²) >= 11 is 0. The van der Waals surface area contributed by atoms with Crippen molar-refractivity contribution in [2.75, 3.05) is 0 Å². The lowest BCUT2D eigenvalue weighted by molar-refractivity contribution is 0.345. The van der Waals surface area contributed by atoms with Crippen molar-refractivity contribution in [2.24, 2.45) is 0 Å². The van der Waals surface area contributed by atoms with Crippen LogP contribution < -0.4 is 0 Å². The van der Waals surface area contributed by atoms with Gasteiger partial charge in [0, 0.05) is 0 Å². The Labute approximate surface area is 42.4 Å². The number of hydrogen-bond donors (Lipinski definition) is 2. The number of rotatable bonds is 2. The van der Waals surface area contributed by atoms with Crippen LogP contribution in [0.15, 0.2) is 24.7 Å². The Morgan fingerprint density at radius 2 is 1.43 bits per heavy atom. The van der Waals surface area contributed by atoms with Crippen LogP contribution >= 0.6 is 0 Å². The molecule has 0 spiro atoms. The van der Waals surface area contributed by atoms with Crippen molar-refractivity contribution >= 4 is 0 Å². The molecule has 2 nitrogen and oxygen atoms in total. The van der Waals surface area contributed by atoms with E-state index in [1.54, 1.807) is 0 Å². The van der Waals surface area contributed by atoms with Crippen molar-refractivity contribution < 1.29 is 10.2 Å². The van der Waals surface area contributed by atoms with Gasteiger partial charge in [0.25, 0.3) is 0 Å². The highest BCUT2D eigenvalue weighted by molar-refractivity contribution is 4.93. The fraction of sp³-hybridized carbons (Fsp3) is 0.200.